The second kappa shape index (κ2) is 8.40. The molecule has 0 saturated carbocycles. The predicted octanol–water partition coefficient (Wildman–Crippen LogP) is 3.67. The van der Waals surface area contributed by atoms with Gasteiger partial charge in [-0.2, -0.15) is 0 Å². The monoisotopic (exact) mass is 413 g/mol. The zero-order chi connectivity index (χ0) is 21.0. The summed E-state index contributed by atoms with van der Waals surface area (Å²) >= 11 is 0. The maximum atomic E-state index is 13.3. The van der Waals surface area contributed by atoms with E-state index in [1.165, 1.54) is 36.7 Å². The molecule has 0 saturated heterocycles. The van der Waals surface area contributed by atoms with Gasteiger partial charge >= 0.3 is 0 Å². The number of aryl methyl sites for hydroxylation is 2. The Kier molecular flexibility index (Phi) is 5.93. The van der Waals surface area contributed by atoms with Gasteiger partial charge in [-0.3, -0.25) is 14.1 Å². The summed E-state index contributed by atoms with van der Waals surface area (Å²) in [5.74, 6) is -1.03. The molecule has 0 fully saturated rings. The molecule has 0 aliphatic rings. The molecule has 2 aromatic carbocycles. The number of pyridine rings is 1. The Bertz CT molecular complexity index is 1100. The Morgan fingerprint density at radius 1 is 1.07 bits per heavy atom. The van der Waals surface area contributed by atoms with Gasteiger partial charge in [0, 0.05) is 18.1 Å². The van der Waals surface area contributed by atoms with Crippen LogP contribution in [0.3, 0.4) is 0 Å². The molecule has 3 rings (SSSR count). The highest BCUT2D eigenvalue weighted by Crippen LogP contribution is 2.24. The molecule has 0 bridgehead atoms. The predicted molar refractivity (Wildman–Crippen MR) is 110 cm³/mol. The van der Waals surface area contributed by atoms with E-state index in [0.717, 1.165) is 27.6 Å². The van der Waals surface area contributed by atoms with E-state index in [4.69, 9.17) is 0 Å². The van der Waals surface area contributed by atoms with E-state index in [9.17, 15) is 17.6 Å². The molecule has 1 N–H and O–H groups in total. The van der Waals surface area contributed by atoms with Crippen molar-refractivity contribution in [2.75, 3.05) is 16.2 Å². The number of halogens is 1. The lowest BCUT2D eigenvalue weighted by molar-refractivity contribution is -0.114. The first-order valence-corrected chi connectivity index (χ1v) is 10.3. The average molecular weight is 413 g/mol. The number of benzene rings is 2. The van der Waals surface area contributed by atoms with Crippen LogP contribution in [-0.4, -0.2) is 25.9 Å². The van der Waals surface area contributed by atoms with Crippen molar-refractivity contribution in [2.24, 2.45) is 0 Å². The number of sulfonamides is 1. The van der Waals surface area contributed by atoms with Gasteiger partial charge in [-0.25, -0.2) is 12.8 Å². The van der Waals surface area contributed by atoms with E-state index in [0.29, 0.717) is 5.69 Å². The van der Waals surface area contributed by atoms with E-state index in [1.807, 2.05) is 19.9 Å². The minimum atomic E-state index is -4.08. The maximum Gasteiger partial charge on any atom is 0.266 e. The van der Waals surface area contributed by atoms with E-state index in [2.05, 4.69) is 10.3 Å². The molecule has 29 heavy (non-hydrogen) atoms. The highest BCUT2D eigenvalue weighted by molar-refractivity contribution is 7.92. The number of anilines is 2. The van der Waals surface area contributed by atoms with Crippen LogP contribution in [0.25, 0.3) is 0 Å². The van der Waals surface area contributed by atoms with Crippen molar-refractivity contribution in [3.05, 3.63) is 83.9 Å². The summed E-state index contributed by atoms with van der Waals surface area (Å²) in [5, 5.41) is 2.72. The summed E-state index contributed by atoms with van der Waals surface area (Å²) < 4.78 is 40.5. The lowest BCUT2D eigenvalue weighted by atomic mass is 10.1. The molecule has 0 atom stereocenters. The normalized spacial score (nSPS) is 11.1. The molecule has 1 amide bonds. The molecule has 3 aromatic rings. The van der Waals surface area contributed by atoms with Gasteiger partial charge < -0.3 is 5.32 Å². The van der Waals surface area contributed by atoms with Crippen LogP contribution in [0, 0.1) is 19.7 Å². The van der Waals surface area contributed by atoms with Crippen LogP contribution < -0.4 is 9.62 Å². The molecule has 8 heteroatoms. The van der Waals surface area contributed by atoms with Crippen molar-refractivity contribution in [1.82, 2.24) is 4.98 Å². The lowest BCUT2D eigenvalue weighted by Crippen LogP contribution is -2.38. The van der Waals surface area contributed by atoms with Gasteiger partial charge in [-0.05, 0) is 73.5 Å². The molecular weight excluding hydrogens is 393 g/mol. The minimum absolute atomic E-state index is 0.0662. The molecule has 1 aromatic heterocycles. The Morgan fingerprint density at radius 3 is 2.31 bits per heavy atom. The molecule has 0 aliphatic heterocycles. The van der Waals surface area contributed by atoms with Gasteiger partial charge in [0.05, 0.1) is 5.69 Å². The molecule has 0 aliphatic carbocycles. The van der Waals surface area contributed by atoms with Crippen molar-refractivity contribution in [3.63, 3.8) is 0 Å². The number of aromatic nitrogens is 1. The van der Waals surface area contributed by atoms with Crippen LogP contribution in [0.2, 0.25) is 0 Å². The van der Waals surface area contributed by atoms with Crippen LogP contribution in [0.1, 0.15) is 11.1 Å². The molecule has 0 unspecified atom stereocenters. The zero-order valence-electron chi connectivity index (χ0n) is 16.0. The summed E-state index contributed by atoms with van der Waals surface area (Å²) in [4.78, 5) is 16.4. The second-order valence-electron chi connectivity index (χ2n) is 6.60. The highest BCUT2D eigenvalue weighted by Gasteiger charge is 2.27. The number of carbonyl (C=O) groups excluding carboxylic acids is 1. The van der Waals surface area contributed by atoms with E-state index >= 15 is 0 Å². The number of amides is 1. The maximum absolute atomic E-state index is 13.3. The van der Waals surface area contributed by atoms with Crippen LogP contribution in [0.15, 0.2) is 71.9 Å². The van der Waals surface area contributed by atoms with Gasteiger partial charge in [0.25, 0.3) is 10.0 Å². The third-order valence-corrected chi connectivity index (χ3v) is 5.89. The fourth-order valence-corrected chi connectivity index (χ4v) is 4.31. The number of nitrogens with zero attached hydrogens (tertiary/aromatic N) is 2. The SMILES string of the molecule is Cc1cc(C)cc(NC(=O)CN(c2ccc(F)cc2)S(=O)(=O)c2cccnc2)c1. The van der Waals surface area contributed by atoms with Crippen LogP contribution in [0.5, 0.6) is 0 Å². The molecule has 6 nitrogen and oxygen atoms in total. The van der Waals surface area contributed by atoms with Crippen molar-refractivity contribution >= 4 is 27.3 Å². The average Bonchev–Trinajstić information content (AvgIpc) is 2.67. The van der Waals surface area contributed by atoms with Crippen molar-refractivity contribution in [1.29, 1.82) is 0 Å². The Balaban J connectivity index is 1.93. The summed E-state index contributed by atoms with van der Waals surface area (Å²) in [5.41, 5.74) is 2.69. The van der Waals surface area contributed by atoms with Crippen LogP contribution in [-0.2, 0) is 14.8 Å². The number of rotatable bonds is 6. The van der Waals surface area contributed by atoms with Crippen LogP contribution >= 0.6 is 0 Å². The number of carbonyl (C=O) groups is 1. The third-order valence-electron chi connectivity index (χ3n) is 4.13. The molecule has 150 valence electrons. The topological polar surface area (TPSA) is 79.4 Å². The van der Waals surface area contributed by atoms with Crippen molar-refractivity contribution in [2.45, 2.75) is 18.7 Å². The van der Waals surface area contributed by atoms with Crippen LogP contribution in [0.4, 0.5) is 15.8 Å². The van der Waals surface area contributed by atoms with E-state index < -0.39 is 28.3 Å². The summed E-state index contributed by atoms with van der Waals surface area (Å²) in [6.45, 7) is 3.33. The van der Waals surface area contributed by atoms with Crippen molar-refractivity contribution in [3.8, 4) is 0 Å². The first-order chi connectivity index (χ1) is 13.8. The quantitative estimate of drug-likeness (QED) is 0.669. The molecule has 0 radical (unpaired) electrons. The first kappa shape index (κ1) is 20.5. The zero-order valence-corrected chi connectivity index (χ0v) is 16.8. The largest absolute Gasteiger partial charge is 0.324 e. The van der Waals surface area contributed by atoms with E-state index in [-0.39, 0.29) is 10.6 Å². The Hall–Kier alpha value is -3.26. The molecule has 1 heterocycles. The second-order valence-corrected chi connectivity index (χ2v) is 8.46. The number of hydrogen-bond donors (Lipinski definition) is 1. The lowest BCUT2D eigenvalue weighted by Gasteiger charge is -2.24. The molecule has 0 spiro atoms. The molecular formula is C21H20FN3O3S. The van der Waals surface area contributed by atoms with Crippen molar-refractivity contribution < 1.29 is 17.6 Å². The minimum Gasteiger partial charge on any atom is -0.324 e. The summed E-state index contributed by atoms with van der Waals surface area (Å²) in [7, 11) is -4.08. The summed E-state index contributed by atoms with van der Waals surface area (Å²) in [6.07, 6.45) is 2.65. The Labute approximate surface area is 169 Å². The van der Waals surface area contributed by atoms with Gasteiger partial charge in [0.15, 0.2) is 0 Å². The van der Waals surface area contributed by atoms with E-state index in [1.54, 1.807) is 12.1 Å². The number of nitrogens with one attached hydrogen (secondary N) is 1. The van der Waals surface area contributed by atoms with Gasteiger partial charge in [0.1, 0.15) is 17.3 Å². The van der Waals surface area contributed by atoms with Gasteiger partial charge in [-0.15, -0.1) is 0 Å². The van der Waals surface area contributed by atoms with Gasteiger partial charge in [0.2, 0.25) is 5.91 Å². The number of hydrogen-bond acceptors (Lipinski definition) is 4. The smallest absolute Gasteiger partial charge is 0.266 e. The summed E-state index contributed by atoms with van der Waals surface area (Å²) in [6, 6.07) is 13.3. The fraction of sp³-hybridized carbons (Fsp3) is 0.143. The highest BCUT2D eigenvalue weighted by atomic mass is 32.2. The first-order valence-electron chi connectivity index (χ1n) is 8.82. The third kappa shape index (κ3) is 4.97. The standard InChI is InChI=1S/C21H20FN3O3S/c1-15-10-16(2)12-18(11-15)24-21(26)14-25(19-7-5-17(22)6-8-19)29(27,28)20-4-3-9-23-13-20/h3-13H,14H2,1-2H3,(H,24,26). The Morgan fingerprint density at radius 2 is 1.72 bits per heavy atom. The van der Waals surface area contributed by atoms with Gasteiger partial charge in [-0.1, -0.05) is 6.07 Å². The fourth-order valence-electron chi connectivity index (χ4n) is 2.93.